The van der Waals surface area contributed by atoms with E-state index in [2.05, 4.69) is 58.8 Å². The third kappa shape index (κ3) is 4.32. The Hall–Kier alpha value is -1.32. The summed E-state index contributed by atoms with van der Waals surface area (Å²) in [5, 5.41) is 3.45. The lowest BCUT2D eigenvalue weighted by Gasteiger charge is -2.30. The van der Waals surface area contributed by atoms with Crippen LogP contribution < -0.4 is 10.2 Å². The molecule has 4 nitrogen and oxygen atoms in total. The summed E-state index contributed by atoms with van der Waals surface area (Å²) in [5.41, 5.74) is 1.15. The Balaban J connectivity index is 3.25. The normalized spacial score (nSPS) is 11.3. The standard InChI is InChI=1S/C17H32N4/c1-8-11-18-16-13(6)17(20-15(19-16)12(4)5)21(7)14(9-2)10-3/h12,14H,8-11H2,1-7H3,(H,18,19,20). The Bertz CT molecular complexity index is 439. The second-order valence-electron chi connectivity index (χ2n) is 6.04. The first-order chi connectivity index (χ1) is 9.96. The summed E-state index contributed by atoms with van der Waals surface area (Å²) >= 11 is 0. The Kier molecular flexibility index (Phi) is 6.93. The molecule has 0 aliphatic heterocycles. The van der Waals surface area contributed by atoms with Crippen LogP contribution in [0.4, 0.5) is 11.6 Å². The molecule has 21 heavy (non-hydrogen) atoms. The van der Waals surface area contributed by atoms with Crippen LogP contribution in [0.25, 0.3) is 0 Å². The summed E-state index contributed by atoms with van der Waals surface area (Å²) in [6.07, 6.45) is 3.36. The SMILES string of the molecule is CCCNc1nc(C(C)C)nc(N(C)C(CC)CC)c1C. The van der Waals surface area contributed by atoms with Gasteiger partial charge >= 0.3 is 0 Å². The summed E-state index contributed by atoms with van der Waals surface area (Å²) in [7, 11) is 2.15. The van der Waals surface area contributed by atoms with Gasteiger partial charge in [0, 0.05) is 31.1 Å². The Morgan fingerprint density at radius 3 is 2.19 bits per heavy atom. The second-order valence-corrected chi connectivity index (χ2v) is 6.04. The molecule has 1 aromatic rings. The molecular weight excluding hydrogens is 260 g/mol. The molecule has 1 rings (SSSR count). The Morgan fingerprint density at radius 1 is 1.10 bits per heavy atom. The van der Waals surface area contributed by atoms with Gasteiger partial charge < -0.3 is 10.2 Å². The minimum absolute atomic E-state index is 0.335. The first-order valence-corrected chi connectivity index (χ1v) is 8.31. The molecule has 0 aromatic carbocycles. The third-order valence-corrected chi connectivity index (χ3v) is 4.02. The van der Waals surface area contributed by atoms with Crippen LogP contribution in [0.2, 0.25) is 0 Å². The lowest BCUT2D eigenvalue weighted by atomic mass is 10.1. The maximum absolute atomic E-state index is 4.83. The largest absolute Gasteiger partial charge is 0.370 e. The smallest absolute Gasteiger partial charge is 0.137 e. The van der Waals surface area contributed by atoms with Crippen LogP contribution in [0.3, 0.4) is 0 Å². The van der Waals surface area contributed by atoms with Crippen LogP contribution in [0, 0.1) is 6.92 Å². The van der Waals surface area contributed by atoms with Gasteiger partial charge in [0.25, 0.3) is 0 Å². The van der Waals surface area contributed by atoms with Gasteiger partial charge in [0.15, 0.2) is 0 Å². The predicted molar refractivity (Wildman–Crippen MR) is 92.4 cm³/mol. The van der Waals surface area contributed by atoms with Crippen LogP contribution in [-0.4, -0.2) is 29.6 Å². The van der Waals surface area contributed by atoms with Gasteiger partial charge in [-0.2, -0.15) is 0 Å². The second kappa shape index (κ2) is 8.20. The molecule has 0 amide bonds. The lowest BCUT2D eigenvalue weighted by Crippen LogP contribution is -2.32. The minimum atomic E-state index is 0.335. The molecule has 0 aliphatic carbocycles. The van der Waals surface area contributed by atoms with Crippen molar-refractivity contribution in [2.75, 3.05) is 23.8 Å². The molecule has 0 unspecified atom stereocenters. The van der Waals surface area contributed by atoms with E-state index in [1.807, 2.05) is 0 Å². The van der Waals surface area contributed by atoms with Crippen molar-refractivity contribution < 1.29 is 0 Å². The van der Waals surface area contributed by atoms with E-state index in [1.54, 1.807) is 0 Å². The first kappa shape index (κ1) is 17.7. The summed E-state index contributed by atoms with van der Waals surface area (Å²) in [6.45, 7) is 14.0. The number of hydrogen-bond acceptors (Lipinski definition) is 4. The van der Waals surface area contributed by atoms with Gasteiger partial charge in [-0.1, -0.05) is 34.6 Å². The van der Waals surface area contributed by atoms with E-state index < -0.39 is 0 Å². The number of nitrogens with zero attached hydrogens (tertiary/aromatic N) is 3. The first-order valence-electron chi connectivity index (χ1n) is 8.31. The molecule has 0 atom stereocenters. The molecule has 0 saturated heterocycles. The fraction of sp³-hybridized carbons (Fsp3) is 0.765. The highest BCUT2D eigenvalue weighted by molar-refractivity contribution is 5.59. The topological polar surface area (TPSA) is 41.1 Å². The number of aromatic nitrogens is 2. The van der Waals surface area contributed by atoms with Gasteiger partial charge in [0.2, 0.25) is 0 Å². The van der Waals surface area contributed by atoms with Crippen molar-refractivity contribution in [3.8, 4) is 0 Å². The summed E-state index contributed by atoms with van der Waals surface area (Å²) in [4.78, 5) is 11.9. The van der Waals surface area contributed by atoms with Gasteiger partial charge in [-0.05, 0) is 26.2 Å². The number of hydrogen-bond donors (Lipinski definition) is 1. The molecule has 120 valence electrons. The highest BCUT2D eigenvalue weighted by Crippen LogP contribution is 2.27. The maximum atomic E-state index is 4.83. The molecule has 0 saturated carbocycles. The number of anilines is 2. The van der Waals surface area contributed by atoms with Crippen LogP contribution in [0.5, 0.6) is 0 Å². The van der Waals surface area contributed by atoms with Gasteiger partial charge in [-0.25, -0.2) is 9.97 Å². The van der Waals surface area contributed by atoms with Crippen molar-refractivity contribution in [1.82, 2.24) is 9.97 Å². The summed E-state index contributed by atoms with van der Waals surface area (Å²) < 4.78 is 0. The van der Waals surface area contributed by atoms with Crippen molar-refractivity contribution >= 4 is 11.6 Å². The molecule has 4 heteroatoms. The molecule has 1 N–H and O–H groups in total. The van der Waals surface area contributed by atoms with Crippen molar-refractivity contribution in [2.45, 2.75) is 72.8 Å². The van der Waals surface area contributed by atoms with Gasteiger partial charge in [-0.3, -0.25) is 0 Å². The van der Waals surface area contributed by atoms with Crippen molar-refractivity contribution in [1.29, 1.82) is 0 Å². The summed E-state index contributed by atoms with van der Waals surface area (Å²) in [5.74, 6) is 3.32. The molecule has 0 spiro atoms. The molecule has 0 radical (unpaired) electrons. The number of rotatable bonds is 8. The van der Waals surface area contributed by atoms with Crippen molar-refractivity contribution in [2.24, 2.45) is 0 Å². The highest BCUT2D eigenvalue weighted by atomic mass is 15.2. The monoisotopic (exact) mass is 292 g/mol. The van der Waals surface area contributed by atoms with Gasteiger partial charge in [0.05, 0.1) is 0 Å². The zero-order valence-corrected chi connectivity index (χ0v) is 14.8. The fourth-order valence-electron chi connectivity index (χ4n) is 2.55. The molecule has 1 heterocycles. The van der Waals surface area contributed by atoms with E-state index in [1.165, 1.54) is 0 Å². The van der Waals surface area contributed by atoms with E-state index >= 15 is 0 Å². The van der Waals surface area contributed by atoms with Crippen molar-refractivity contribution in [3.63, 3.8) is 0 Å². The Labute approximate surface area is 130 Å². The fourth-order valence-corrected chi connectivity index (χ4v) is 2.55. The van der Waals surface area contributed by atoms with E-state index in [0.717, 1.165) is 48.8 Å². The van der Waals surface area contributed by atoms with E-state index in [9.17, 15) is 0 Å². The minimum Gasteiger partial charge on any atom is -0.370 e. The molecule has 0 aliphatic rings. The molecule has 1 aromatic heterocycles. The van der Waals surface area contributed by atoms with Crippen LogP contribution in [0.1, 0.15) is 71.2 Å². The molecule has 0 bridgehead atoms. The zero-order chi connectivity index (χ0) is 16.0. The van der Waals surface area contributed by atoms with Crippen molar-refractivity contribution in [3.05, 3.63) is 11.4 Å². The third-order valence-electron chi connectivity index (χ3n) is 4.02. The lowest BCUT2D eigenvalue weighted by molar-refractivity contribution is 0.582. The van der Waals surface area contributed by atoms with E-state index in [0.29, 0.717) is 12.0 Å². The number of nitrogens with one attached hydrogen (secondary N) is 1. The zero-order valence-electron chi connectivity index (χ0n) is 14.8. The maximum Gasteiger partial charge on any atom is 0.137 e. The average Bonchev–Trinajstić information content (AvgIpc) is 2.47. The predicted octanol–water partition coefficient (Wildman–Crippen LogP) is 4.36. The molecule has 0 fully saturated rings. The van der Waals surface area contributed by atoms with Gasteiger partial charge in [0.1, 0.15) is 17.5 Å². The molecular formula is C17H32N4. The van der Waals surface area contributed by atoms with E-state index in [4.69, 9.17) is 9.97 Å². The summed E-state index contributed by atoms with van der Waals surface area (Å²) in [6, 6.07) is 0.526. The van der Waals surface area contributed by atoms with Gasteiger partial charge in [-0.15, -0.1) is 0 Å². The highest BCUT2D eigenvalue weighted by Gasteiger charge is 2.19. The van der Waals surface area contributed by atoms with Crippen LogP contribution >= 0.6 is 0 Å². The quantitative estimate of drug-likeness (QED) is 0.773. The Morgan fingerprint density at radius 2 is 1.71 bits per heavy atom. The average molecular weight is 292 g/mol. The van der Waals surface area contributed by atoms with Crippen LogP contribution in [-0.2, 0) is 0 Å². The van der Waals surface area contributed by atoms with E-state index in [-0.39, 0.29) is 0 Å². The van der Waals surface area contributed by atoms with Crippen LogP contribution in [0.15, 0.2) is 0 Å².